The fourth-order valence-corrected chi connectivity index (χ4v) is 1.55. The molecular formula is C13H11ClN2O3. The summed E-state index contributed by atoms with van der Waals surface area (Å²) in [5, 5.41) is 0.312. The van der Waals surface area contributed by atoms with E-state index >= 15 is 0 Å². The molecule has 0 aliphatic carbocycles. The first kappa shape index (κ1) is 13.3. The molecule has 0 atom stereocenters. The standard InChI is InChI=1S/C13H11ClN2O3/c1-18-13(17)6-9-2-4-10(5-3-9)19-12-7-11(14)15-8-16-12/h2-5,7-8H,6H2,1H3. The number of halogens is 1. The lowest BCUT2D eigenvalue weighted by Gasteiger charge is -2.05. The monoisotopic (exact) mass is 278 g/mol. The van der Waals surface area contributed by atoms with Gasteiger partial charge in [0.1, 0.15) is 17.2 Å². The summed E-state index contributed by atoms with van der Waals surface area (Å²) in [5.74, 6) is 0.681. The first-order valence-electron chi connectivity index (χ1n) is 5.48. The van der Waals surface area contributed by atoms with E-state index in [2.05, 4.69) is 14.7 Å². The van der Waals surface area contributed by atoms with E-state index in [0.29, 0.717) is 16.8 Å². The van der Waals surface area contributed by atoms with Crippen molar-refractivity contribution in [3.63, 3.8) is 0 Å². The van der Waals surface area contributed by atoms with E-state index in [0.717, 1.165) is 5.56 Å². The molecule has 98 valence electrons. The number of benzene rings is 1. The fourth-order valence-electron chi connectivity index (χ4n) is 1.41. The number of carbonyl (C=O) groups excluding carboxylic acids is 1. The molecule has 0 saturated carbocycles. The van der Waals surface area contributed by atoms with E-state index in [-0.39, 0.29) is 12.4 Å². The molecular weight excluding hydrogens is 268 g/mol. The van der Waals surface area contributed by atoms with E-state index in [4.69, 9.17) is 16.3 Å². The maximum Gasteiger partial charge on any atom is 0.309 e. The van der Waals surface area contributed by atoms with Crippen LogP contribution in [0.5, 0.6) is 11.6 Å². The Hall–Kier alpha value is -2.14. The minimum atomic E-state index is -0.281. The van der Waals surface area contributed by atoms with E-state index in [1.807, 2.05) is 0 Å². The Kier molecular flexibility index (Phi) is 4.30. The van der Waals surface area contributed by atoms with Crippen molar-refractivity contribution in [3.8, 4) is 11.6 Å². The molecule has 2 aromatic rings. The average molecular weight is 279 g/mol. The third-order valence-corrected chi connectivity index (χ3v) is 2.54. The average Bonchev–Trinajstić information content (AvgIpc) is 2.41. The molecule has 0 bridgehead atoms. The molecule has 0 radical (unpaired) electrons. The Morgan fingerprint density at radius 1 is 1.26 bits per heavy atom. The summed E-state index contributed by atoms with van der Waals surface area (Å²) in [4.78, 5) is 18.8. The normalized spacial score (nSPS) is 10.0. The molecule has 0 unspecified atom stereocenters. The molecule has 1 aromatic carbocycles. The number of hydrogen-bond donors (Lipinski definition) is 0. The van der Waals surface area contributed by atoms with Gasteiger partial charge in [0.25, 0.3) is 0 Å². The zero-order chi connectivity index (χ0) is 13.7. The highest BCUT2D eigenvalue weighted by molar-refractivity contribution is 6.29. The Morgan fingerprint density at radius 2 is 2.00 bits per heavy atom. The zero-order valence-electron chi connectivity index (χ0n) is 10.2. The van der Waals surface area contributed by atoms with Gasteiger partial charge in [0.2, 0.25) is 5.88 Å². The van der Waals surface area contributed by atoms with E-state index in [9.17, 15) is 4.79 Å². The van der Waals surface area contributed by atoms with Gasteiger partial charge in [-0.15, -0.1) is 0 Å². The van der Waals surface area contributed by atoms with Crippen LogP contribution in [-0.4, -0.2) is 23.0 Å². The number of rotatable bonds is 4. The van der Waals surface area contributed by atoms with Crippen LogP contribution in [0, 0.1) is 0 Å². The van der Waals surface area contributed by atoms with Crippen molar-refractivity contribution in [2.45, 2.75) is 6.42 Å². The van der Waals surface area contributed by atoms with Crippen molar-refractivity contribution in [2.75, 3.05) is 7.11 Å². The van der Waals surface area contributed by atoms with Crippen molar-refractivity contribution in [1.82, 2.24) is 9.97 Å². The molecule has 5 nitrogen and oxygen atoms in total. The highest BCUT2D eigenvalue weighted by Gasteiger charge is 2.04. The van der Waals surface area contributed by atoms with Gasteiger partial charge in [-0.2, -0.15) is 0 Å². The van der Waals surface area contributed by atoms with Crippen LogP contribution >= 0.6 is 11.6 Å². The van der Waals surface area contributed by atoms with Crippen molar-refractivity contribution in [1.29, 1.82) is 0 Å². The van der Waals surface area contributed by atoms with Crippen LogP contribution in [0.2, 0.25) is 5.15 Å². The van der Waals surface area contributed by atoms with Gasteiger partial charge in [0, 0.05) is 6.07 Å². The van der Waals surface area contributed by atoms with Crippen LogP contribution in [0.1, 0.15) is 5.56 Å². The first-order valence-corrected chi connectivity index (χ1v) is 5.86. The molecule has 0 aliphatic rings. The quantitative estimate of drug-likeness (QED) is 0.635. The summed E-state index contributed by atoms with van der Waals surface area (Å²) in [6.07, 6.45) is 1.55. The van der Waals surface area contributed by atoms with Gasteiger partial charge in [-0.1, -0.05) is 23.7 Å². The lowest BCUT2D eigenvalue weighted by molar-refractivity contribution is -0.139. The summed E-state index contributed by atoms with van der Waals surface area (Å²) < 4.78 is 10.1. The predicted octanol–water partition coefficient (Wildman–Crippen LogP) is 2.64. The number of aromatic nitrogens is 2. The first-order chi connectivity index (χ1) is 9.17. The van der Waals surface area contributed by atoms with Crippen LogP contribution in [0.3, 0.4) is 0 Å². The molecule has 2 rings (SSSR count). The Bertz CT molecular complexity index is 572. The number of carbonyl (C=O) groups is 1. The smallest absolute Gasteiger partial charge is 0.309 e. The lowest BCUT2D eigenvalue weighted by atomic mass is 10.1. The summed E-state index contributed by atoms with van der Waals surface area (Å²) in [5.41, 5.74) is 0.847. The molecule has 0 amide bonds. The van der Waals surface area contributed by atoms with Gasteiger partial charge >= 0.3 is 5.97 Å². The van der Waals surface area contributed by atoms with Gasteiger partial charge < -0.3 is 9.47 Å². The molecule has 0 fully saturated rings. The van der Waals surface area contributed by atoms with Crippen LogP contribution in [0.25, 0.3) is 0 Å². The fraction of sp³-hybridized carbons (Fsp3) is 0.154. The largest absolute Gasteiger partial charge is 0.469 e. The SMILES string of the molecule is COC(=O)Cc1ccc(Oc2cc(Cl)ncn2)cc1. The van der Waals surface area contributed by atoms with Gasteiger partial charge in [0.15, 0.2) is 0 Å². The molecule has 0 N–H and O–H groups in total. The number of esters is 1. The van der Waals surface area contributed by atoms with Crippen LogP contribution in [0.4, 0.5) is 0 Å². The van der Waals surface area contributed by atoms with Gasteiger partial charge in [-0.3, -0.25) is 4.79 Å². The predicted molar refractivity (Wildman–Crippen MR) is 69.3 cm³/mol. The molecule has 19 heavy (non-hydrogen) atoms. The van der Waals surface area contributed by atoms with Gasteiger partial charge in [-0.25, -0.2) is 9.97 Å². The minimum absolute atomic E-state index is 0.232. The molecule has 0 spiro atoms. The number of methoxy groups -OCH3 is 1. The van der Waals surface area contributed by atoms with Crippen molar-refractivity contribution < 1.29 is 14.3 Å². The Morgan fingerprint density at radius 3 is 2.63 bits per heavy atom. The van der Waals surface area contributed by atoms with Crippen molar-refractivity contribution in [3.05, 3.63) is 47.4 Å². The Labute approximate surface area is 115 Å². The highest BCUT2D eigenvalue weighted by atomic mass is 35.5. The summed E-state index contributed by atoms with van der Waals surface area (Å²) in [6, 6.07) is 8.58. The van der Waals surface area contributed by atoms with Crippen LogP contribution in [0.15, 0.2) is 36.7 Å². The third kappa shape index (κ3) is 3.93. The molecule has 6 heteroatoms. The second-order valence-corrected chi connectivity index (χ2v) is 4.07. The van der Waals surface area contributed by atoms with Crippen LogP contribution < -0.4 is 4.74 Å². The van der Waals surface area contributed by atoms with E-state index < -0.39 is 0 Å². The van der Waals surface area contributed by atoms with Crippen molar-refractivity contribution >= 4 is 17.6 Å². The van der Waals surface area contributed by atoms with E-state index in [1.165, 1.54) is 19.5 Å². The second-order valence-electron chi connectivity index (χ2n) is 3.68. The zero-order valence-corrected chi connectivity index (χ0v) is 10.9. The summed E-state index contributed by atoms with van der Waals surface area (Å²) in [7, 11) is 1.36. The molecule has 0 aliphatic heterocycles. The number of nitrogens with zero attached hydrogens (tertiary/aromatic N) is 2. The summed E-state index contributed by atoms with van der Waals surface area (Å²) >= 11 is 5.73. The van der Waals surface area contributed by atoms with Gasteiger partial charge in [0.05, 0.1) is 13.5 Å². The lowest BCUT2D eigenvalue weighted by Crippen LogP contribution is -2.04. The maximum atomic E-state index is 11.1. The third-order valence-electron chi connectivity index (χ3n) is 2.33. The van der Waals surface area contributed by atoms with Crippen LogP contribution in [-0.2, 0) is 16.0 Å². The van der Waals surface area contributed by atoms with E-state index in [1.54, 1.807) is 24.3 Å². The topological polar surface area (TPSA) is 61.3 Å². The molecule has 0 saturated heterocycles. The highest BCUT2D eigenvalue weighted by Crippen LogP contribution is 2.21. The molecule has 1 aromatic heterocycles. The minimum Gasteiger partial charge on any atom is -0.469 e. The number of hydrogen-bond acceptors (Lipinski definition) is 5. The van der Waals surface area contributed by atoms with Gasteiger partial charge in [-0.05, 0) is 17.7 Å². The number of ether oxygens (including phenoxy) is 2. The second kappa shape index (κ2) is 6.15. The molecule has 1 heterocycles. The maximum absolute atomic E-state index is 11.1. The summed E-state index contributed by atoms with van der Waals surface area (Å²) in [6.45, 7) is 0. The van der Waals surface area contributed by atoms with Crippen molar-refractivity contribution in [2.24, 2.45) is 0 Å². The Balaban J connectivity index is 2.04.